The molecule has 0 aliphatic heterocycles. The lowest BCUT2D eigenvalue weighted by molar-refractivity contribution is 0.175. The zero-order valence-corrected chi connectivity index (χ0v) is 19.2. The van der Waals surface area contributed by atoms with E-state index in [0.717, 1.165) is 38.6 Å². The summed E-state index contributed by atoms with van der Waals surface area (Å²) in [5, 5.41) is 2.81. The normalized spacial score (nSPS) is 12.7. The molecule has 0 atom stereocenters. The van der Waals surface area contributed by atoms with Crippen LogP contribution in [0.3, 0.4) is 0 Å². The predicted molar refractivity (Wildman–Crippen MR) is 114 cm³/mol. The third-order valence-corrected chi connectivity index (χ3v) is 7.36. The van der Waals surface area contributed by atoms with E-state index in [1.54, 1.807) is 0 Å². The lowest BCUT2D eigenvalue weighted by Gasteiger charge is -2.34. The van der Waals surface area contributed by atoms with Crippen molar-refractivity contribution >= 4 is 7.60 Å². The van der Waals surface area contributed by atoms with Crippen LogP contribution in [-0.2, 0) is 13.6 Å². The van der Waals surface area contributed by atoms with E-state index in [-0.39, 0.29) is 0 Å². The summed E-state index contributed by atoms with van der Waals surface area (Å²) in [5.41, 5.74) is 0. The van der Waals surface area contributed by atoms with Crippen molar-refractivity contribution in [3.05, 3.63) is 0 Å². The fourth-order valence-corrected chi connectivity index (χ4v) is 4.53. The van der Waals surface area contributed by atoms with E-state index in [4.69, 9.17) is 9.05 Å². The molecule has 1 N–H and O–H groups in total. The highest BCUT2D eigenvalue weighted by Crippen LogP contribution is 2.58. The standard InChI is InChI=1S/C21H46NO3P/c1-6-9-12-13-14-15-16-17-18-22-21(4,5)26(23,24-19-10-7-2)25-20-11-8-3/h22H,6-20H2,1-5H3. The maximum atomic E-state index is 13.3. The van der Waals surface area contributed by atoms with Gasteiger partial charge in [-0.25, -0.2) is 0 Å². The Labute approximate surface area is 163 Å². The molecule has 0 heterocycles. The summed E-state index contributed by atoms with van der Waals surface area (Å²) < 4.78 is 24.9. The first-order valence-electron chi connectivity index (χ1n) is 11.1. The van der Waals surface area contributed by atoms with Crippen molar-refractivity contribution in [2.24, 2.45) is 0 Å². The summed E-state index contributed by atoms with van der Waals surface area (Å²) >= 11 is 0. The summed E-state index contributed by atoms with van der Waals surface area (Å²) in [6, 6.07) is 0. The van der Waals surface area contributed by atoms with Crippen LogP contribution < -0.4 is 5.32 Å². The van der Waals surface area contributed by atoms with Gasteiger partial charge in [0.15, 0.2) is 0 Å². The van der Waals surface area contributed by atoms with Crippen LogP contribution in [0.1, 0.15) is 112 Å². The Balaban J connectivity index is 4.24. The molecule has 0 spiro atoms. The maximum Gasteiger partial charge on any atom is 0.349 e. The summed E-state index contributed by atoms with van der Waals surface area (Å²) in [7, 11) is -3.17. The average molecular weight is 392 g/mol. The minimum atomic E-state index is -3.17. The maximum absolute atomic E-state index is 13.3. The molecule has 0 aliphatic rings. The molecular formula is C21H46NO3P. The van der Waals surface area contributed by atoms with Gasteiger partial charge in [0.05, 0.1) is 13.2 Å². The molecule has 4 nitrogen and oxygen atoms in total. The van der Waals surface area contributed by atoms with E-state index >= 15 is 0 Å². The molecule has 0 unspecified atom stereocenters. The highest BCUT2D eigenvalue weighted by Gasteiger charge is 2.43. The van der Waals surface area contributed by atoms with Crippen molar-refractivity contribution < 1.29 is 13.6 Å². The molecule has 0 rings (SSSR count). The number of hydrogen-bond acceptors (Lipinski definition) is 4. The molecule has 5 heteroatoms. The van der Waals surface area contributed by atoms with Gasteiger partial charge in [-0.2, -0.15) is 0 Å². The Morgan fingerprint density at radius 3 is 1.58 bits per heavy atom. The van der Waals surface area contributed by atoms with Crippen LogP contribution in [0.5, 0.6) is 0 Å². The van der Waals surface area contributed by atoms with Gasteiger partial charge in [-0.3, -0.25) is 4.57 Å². The Hall–Kier alpha value is 0.110. The number of rotatable bonds is 19. The molecule has 0 radical (unpaired) electrons. The van der Waals surface area contributed by atoms with Gasteiger partial charge in [-0.05, 0) is 39.7 Å². The fraction of sp³-hybridized carbons (Fsp3) is 1.00. The van der Waals surface area contributed by atoms with Crippen LogP contribution in [0, 0.1) is 0 Å². The number of hydrogen-bond donors (Lipinski definition) is 1. The minimum Gasteiger partial charge on any atom is -0.307 e. The first-order chi connectivity index (χ1) is 12.4. The van der Waals surface area contributed by atoms with E-state index in [0.29, 0.717) is 13.2 Å². The van der Waals surface area contributed by atoms with Crippen molar-refractivity contribution in [3.63, 3.8) is 0 Å². The zero-order valence-electron chi connectivity index (χ0n) is 18.3. The van der Waals surface area contributed by atoms with Crippen LogP contribution in [-0.4, -0.2) is 25.0 Å². The Morgan fingerprint density at radius 1 is 0.692 bits per heavy atom. The molecule has 0 bridgehead atoms. The second-order valence-electron chi connectivity index (χ2n) is 7.83. The molecule has 0 saturated carbocycles. The van der Waals surface area contributed by atoms with Crippen molar-refractivity contribution in [2.75, 3.05) is 19.8 Å². The van der Waals surface area contributed by atoms with Crippen LogP contribution in [0.4, 0.5) is 0 Å². The monoisotopic (exact) mass is 391 g/mol. The Bertz CT molecular complexity index is 347. The molecule has 158 valence electrons. The van der Waals surface area contributed by atoms with Gasteiger partial charge in [0.1, 0.15) is 5.28 Å². The van der Waals surface area contributed by atoms with Gasteiger partial charge < -0.3 is 14.4 Å². The Morgan fingerprint density at radius 2 is 1.12 bits per heavy atom. The topological polar surface area (TPSA) is 47.6 Å². The number of nitrogens with one attached hydrogen (secondary N) is 1. The van der Waals surface area contributed by atoms with Gasteiger partial charge in [-0.1, -0.05) is 78.6 Å². The van der Waals surface area contributed by atoms with Crippen LogP contribution in [0.25, 0.3) is 0 Å². The van der Waals surface area contributed by atoms with Crippen molar-refractivity contribution in [1.82, 2.24) is 5.32 Å². The van der Waals surface area contributed by atoms with Crippen molar-refractivity contribution in [3.8, 4) is 0 Å². The van der Waals surface area contributed by atoms with Gasteiger partial charge in [-0.15, -0.1) is 0 Å². The van der Waals surface area contributed by atoms with E-state index < -0.39 is 12.9 Å². The molecule has 0 fully saturated rings. The minimum absolute atomic E-state index is 0.503. The molecule has 26 heavy (non-hydrogen) atoms. The van der Waals surface area contributed by atoms with Gasteiger partial charge in [0.2, 0.25) is 0 Å². The quantitative estimate of drug-likeness (QED) is 0.186. The SMILES string of the molecule is CCCCCCCCCCNC(C)(C)P(=O)(OCCCC)OCCCC. The lowest BCUT2D eigenvalue weighted by Crippen LogP contribution is -2.41. The van der Waals surface area contributed by atoms with Crippen molar-refractivity contribution in [2.45, 2.75) is 117 Å². The van der Waals surface area contributed by atoms with Crippen LogP contribution in [0.15, 0.2) is 0 Å². The second kappa shape index (κ2) is 16.1. The second-order valence-corrected chi connectivity index (χ2v) is 10.5. The van der Waals surface area contributed by atoms with Gasteiger partial charge in [0, 0.05) is 0 Å². The lowest BCUT2D eigenvalue weighted by atomic mass is 10.1. The van der Waals surface area contributed by atoms with Gasteiger partial charge >= 0.3 is 7.60 Å². The van der Waals surface area contributed by atoms with E-state index in [1.807, 2.05) is 13.8 Å². The van der Waals surface area contributed by atoms with Crippen LogP contribution >= 0.6 is 7.60 Å². The summed E-state index contributed by atoms with van der Waals surface area (Å²) in [4.78, 5) is 0. The molecule has 0 aromatic rings. The predicted octanol–water partition coefficient (Wildman–Crippen LogP) is 7.28. The molecular weight excluding hydrogens is 345 g/mol. The zero-order chi connectivity index (χ0) is 19.7. The average Bonchev–Trinajstić information content (AvgIpc) is 2.60. The third-order valence-electron chi connectivity index (χ3n) is 4.79. The van der Waals surface area contributed by atoms with E-state index in [9.17, 15) is 4.57 Å². The first-order valence-corrected chi connectivity index (χ1v) is 12.6. The molecule has 0 amide bonds. The van der Waals surface area contributed by atoms with Gasteiger partial charge in [0.25, 0.3) is 0 Å². The third kappa shape index (κ3) is 11.7. The Kier molecular flexibility index (Phi) is 16.2. The van der Waals surface area contributed by atoms with E-state index in [1.165, 1.54) is 44.9 Å². The molecule has 0 aromatic heterocycles. The summed E-state index contributed by atoms with van der Waals surface area (Å²) in [6.45, 7) is 12.2. The van der Waals surface area contributed by atoms with E-state index in [2.05, 4.69) is 26.1 Å². The highest BCUT2D eigenvalue weighted by molar-refractivity contribution is 7.55. The largest absolute Gasteiger partial charge is 0.349 e. The highest BCUT2D eigenvalue weighted by atomic mass is 31.2. The summed E-state index contributed by atoms with van der Waals surface area (Å²) in [6.07, 6.45) is 14.3. The first kappa shape index (κ1) is 26.1. The molecule has 0 aromatic carbocycles. The summed E-state index contributed by atoms with van der Waals surface area (Å²) in [5.74, 6) is 0. The van der Waals surface area contributed by atoms with Crippen LogP contribution in [0.2, 0.25) is 0 Å². The molecule has 0 saturated heterocycles. The number of unbranched alkanes of at least 4 members (excludes halogenated alkanes) is 9. The van der Waals surface area contributed by atoms with Crippen molar-refractivity contribution in [1.29, 1.82) is 0 Å². The fourth-order valence-electron chi connectivity index (χ4n) is 2.77. The smallest absolute Gasteiger partial charge is 0.307 e. The molecule has 0 aliphatic carbocycles.